The minimum Gasteiger partial charge on any atom is -0.365 e. The van der Waals surface area contributed by atoms with Crippen molar-refractivity contribution >= 4 is 44.8 Å². The van der Waals surface area contributed by atoms with Gasteiger partial charge in [-0.1, -0.05) is 6.07 Å². The normalized spacial score (nSPS) is 13.2. The summed E-state index contributed by atoms with van der Waals surface area (Å²) >= 11 is 0. The molecule has 4 rings (SSSR count). The minimum absolute atomic E-state index is 0.0707. The molecule has 0 saturated heterocycles. The van der Waals surface area contributed by atoms with Crippen LogP contribution < -0.4 is 20.3 Å². The van der Waals surface area contributed by atoms with Crippen LogP contribution in [0.5, 0.6) is 0 Å². The number of hydrogen-bond donors (Lipinski definition) is 3. The van der Waals surface area contributed by atoms with E-state index in [4.69, 9.17) is 0 Å². The molecule has 0 unspecified atom stereocenters. The highest BCUT2D eigenvalue weighted by atomic mass is 32.2. The third kappa shape index (κ3) is 5.48. The fourth-order valence-corrected chi connectivity index (χ4v) is 3.96. The number of amides is 1. The van der Waals surface area contributed by atoms with Gasteiger partial charge in [0, 0.05) is 36.7 Å². The fourth-order valence-electron chi connectivity index (χ4n) is 3.47. The molecule has 0 aliphatic carbocycles. The van der Waals surface area contributed by atoms with Crippen LogP contribution in [0.1, 0.15) is 16.7 Å². The van der Waals surface area contributed by atoms with Crippen molar-refractivity contribution in [3.05, 3.63) is 65.1 Å². The number of sulfonamides is 1. The molecule has 3 aromatic rings. The Morgan fingerprint density at radius 3 is 2.61 bits per heavy atom. The molecule has 3 N–H and O–H groups in total. The Labute approximate surface area is 203 Å². The Kier molecular flexibility index (Phi) is 6.47. The lowest BCUT2D eigenvalue weighted by Crippen LogP contribution is -2.25. The van der Waals surface area contributed by atoms with Crippen LogP contribution in [-0.2, 0) is 34.0 Å². The summed E-state index contributed by atoms with van der Waals surface area (Å²) < 4.78 is 79.6. The predicted molar refractivity (Wildman–Crippen MR) is 126 cm³/mol. The van der Waals surface area contributed by atoms with E-state index in [1.165, 1.54) is 19.2 Å². The molecule has 0 saturated carbocycles. The highest BCUT2D eigenvalue weighted by molar-refractivity contribution is 7.92. The number of benzene rings is 2. The van der Waals surface area contributed by atoms with E-state index in [9.17, 15) is 30.8 Å². The van der Waals surface area contributed by atoms with Crippen LogP contribution in [0.4, 0.5) is 46.4 Å². The third-order valence-corrected chi connectivity index (χ3v) is 6.63. The molecule has 190 valence electrons. The summed E-state index contributed by atoms with van der Waals surface area (Å²) in [6.07, 6.45) is -3.00. The summed E-state index contributed by atoms with van der Waals surface area (Å²) in [6.45, 7) is -0.415. The van der Waals surface area contributed by atoms with Gasteiger partial charge in [0.15, 0.2) is 0 Å². The van der Waals surface area contributed by atoms with Crippen molar-refractivity contribution in [2.75, 3.05) is 33.6 Å². The lowest BCUT2D eigenvalue weighted by Gasteiger charge is -2.19. The number of hydrogen-bond acceptors (Lipinski definition) is 7. The summed E-state index contributed by atoms with van der Waals surface area (Å²) in [5.41, 5.74) is 0.694. The van der Waals surface area contributed by atoms with E-state index in [-0.39, 0.29) is 29.5 Å². The smallest absolute Gasteiger partial charge is 0.365 e. The zero-order valence-corrected chi connectivity index (χ0v) is 19.8. The number of halogens is 4. The SMILES string of the molecule is CN(c1ccc(F)c(CNc2nc(Nc3ccc4c(c3)NC(=O)C4)ncc2C(F)(F)F)c1)S(C)(=O)=O. The van der Waals surface area contributed by atoms with Gasteiger partial charge >= 0.3 is 6.18 Å². The first-order valence-corrected chi connectivity index (χ1v) is 12.3. The van der Waals surface area contributed by atoms with E-state index in [0.717, 1.165) is 22.2 Å². The largest absolute Gasteiger partial charge is 0.421 e. The Hall–Kier alpha value is -3.94. The van der Waals surface area contributed by atoms with Crippen molar-refractivity contribution in [1.82, 2.24) is 9.97 Å². The minimum atomic E-state index is -4.80. The Morgan fingerprint density at radius 1 is 1.17 bits per heavy atom. The number of nitrogens with one attached hydrogen (secondary N) is 3. The molecule has 0 radical (unpaired) electrons. The van der Waals surface area contributed by atoms with Crippen LogP contribution in [0.25, 0.3) is 0 Å². The van der Waals surface area contributed by atoms with Gasteiger partial charge in [-0.15, -0.1) is 0 Å². The molecule has 14 heteroatoms. The van der Waals surface area contributed by atoms with Gasteiger partial charge < -0.3 is 16.0 Å². The van der Waals surface area contributed by atoms with E-state index in [0.29, 0.717) is 17.6 Å². The zero-order valence-electron chi connectivity index (χ0n) is 18.9. The number of fused-ring (bicyclic) bond motifs is 1. The molecule has 1 aliphatic rings. The topological polar surface area (TPSA) is 116 Å². The lowest BCUT2D eigenvalue weighted by atomic mass is 10.1. The van der Waals surface area contributed by atoms with Crippen LogP contribution in [0.2, 0.25) is 0 Å². The summed E-state index contributed by atoms with van der Waals surface area (Å²) in [5.74, 6) is -1.68. The second-order valence-electron chi connectivity index (χ2n) is 8.04. The highest BCUT2D eigenvalue weighted by Crippen LogP contribution is 2.35. The molecule has 1 amide bonds. The Morgan fingerprint density at radius 2 is 1.92 bits per heavy atom. The molecule has 2 aromatic carbocycles. The van der Waals surface area contributed by atoms with Gasteiger partial charge in [0.25, 0.3) is 0 Å². The first-order valence-electron chi connectivity index (χ1n) is 10.4. The monoisotopic (exact) mass is 524 g/mol. The number of nitrogens with zero attached hydrogens (tertiary/aromatic N) is 3. The van der Waals surface area contributed by atoms with Gasteiger partial charge in [0.2, 0.25) is 21.9 Å². The van der Waals surface area contributed by atoms with Gasteiger partial charge in [-0.05, 0) is 35.9 Å². The Bertz CT molecular complexity index is 1450. The maximum atomic E-state index is 14.4. The molecule has 0 fully saturated rings. The molecular weight excluding hydrogens is 504 g/mol. The maximum Gasteiger partial charge on any atom is 0.421 e. The zero-order chi connectivity index (χ0) is 26.3. The first kappa shape index (κ1) is 25.2. The molecule has 0 atom stereocenters. The average molecular weight is 525 g/mol. The van der Waals surface area contributed by atoms with Crippen molar-refractivity contribution in [3.63, 3.8) is 0 Å². The highest BCUT2D eigenvalue weighted by Gasteiger charge is 2.35. The van der Waals surface area contributed by atoms with Gasteiger partial charge in [-0.25, -0.2) is 17.8 Å². The lowest BCUT2D eigenvalue weighted by molar-refractivity contribution is -0.137. The van der Waals surface area contributed by atoms with Crippen LogP contribution in [0, 0.1) is 5.82 Å². The molecule has 9 nitrogen and oxygen atoms in total. The average Bonchev–Trinajstić information content (AvgIpc) is 3.16. The first-order chi connectivity index (χ1) is 16.8. The van der Waals surface area contributed by atoms with Crippen LogP contribution in [0.15, 0.2) is 42.6 Å². The number of anilines is 5. The fraction of sp³-hybridized carbons (Fsp3) is 0.227. The van der Waals surface area contributed by atoms with Crippen molar-refractivity contribution in [3.8, 4) is 0 Å². The van der Waals surface area contributed by atoms with Crippen LogP contribution in [0.3, 0.4) is 0 Å². The number of carbonyl (C=O) groups excluding carboxylic acids is 1. The number of carbonyl (C=O) groups is 1. The number of rotatable bonds is 7. The van der Waals surface area contributed by atoms with Crippen LogP contribution in [-0.4, -0.2) is 37.6 Å². The summed E-state index contributed by atoms with van der Waals surface area (Å²) in [4.78, 5) is 19.2. The maximum absolute atomic E-state index is 14.4. The molecule has 2 heterocycles. The van der Waals surface area contributed by atoms with Crippen molar-refractivity contribution in [2.24, 2.45) is 0 Å². The molecule has 36 heavy (non-hydrogen) atoms. The van der Waals surface area contributed by atoms with E-state index >= 15 is 0 Å². The van der Waals surface area contributed by atoms with Gasteiger partial charge in [-0.2, -0.15) is 18.2 Å². The quantitative estimate of drug-likeness (QED) is 0.402. The summed E-state index contributed by atoms with van der Waals surface area (Å²) in [6, 6.07) is 8.42. The van der Waals surface area contributed by atoms with Gasteiger partial charge in [0.1, 0.15) is 17.2 Å². The van der Waals surface area contributed by atoms with Crippen molar-refractivity contribution in [1.29, 1.82) is 0 Å². The number of aromatic nitrogens is 2. The van der Waals surface area contributed by atoms with Crippen molar-refractivity contribution < 1.29 is 30.8 Å². The third-order valence-electron chi connectivity index (χ3n) is 5.42. The second-order valence-corrected chi connectivity index (χ2v) is 10.0. The number of alkyl halides is 3. The van der Waals surface area contributed by atoms with Gasteiger partial charge in [0.05, 0.1) is 18.4 Å². The van der Waals surface area contributed by atoms with Crippen molar-refractivity contribution in [2.45, 2.75) is 19.1 Å². The Balaban J connectivity index is 1.60. The standard InChI is InChI=1S/C22H20F4N6O3S/c1-32(36(2,34)35)15-5-6-17(23)13(7-15)10-27-20-16(22(24,25)26)11-28-21(31-20)29-14-4-3-12-8-19(33)30-18(12)9-14/h3-7,9,11H,8,10H2,1-2H3,(H,30,33)(H2,27,28,29,31). The van der Waals surface area contributed by atoms with E-state index in [1.54, 1.807) is 18.2 Å². The van der Waals surface area contributed by atoms with Gasteiger partial charge in [-0.3, -0.25) is 9.10 Å². The predicted octanol–water partition coefficient (Wildman–Crippen LogP) is 3.88. The van der Waals surface area contributed by atoms with Crippen LogP contribution >= 0.6 is 0 Å². The molecule has 0 bridgehead atoms. The molecule has 1 aliphatic heterocycles. The summed E-state index contributed by atoms with van der Waals surface area (Å²) in [7, 11) is -2.36. The summed E-state index contributed by atoms with van der Waals surface area (Å²) in [5, 5.41) is 7.94. The van der Waals surface area contributed by atoms with E-state index < -0.39 is 39.9 Å². The molecular formula is C22H20F4N6O3S. The van der Waals surface area contributed by atoms with E-state index in [2.05, 4.69) is 25.9 Å². The second kappa shape index (κ2) is 9.26. The molecule has 1 aromatic heterocycles. The molecule has 0 spiro atoms. The van der Waals surface area contributed by atoms with E-state index in [1.807, 2.05) is 0 Å².